The second kappa shape index (κ2) is 7.69. The molecule has 10 nitrogen and oxygen atoms in total. The standard InChI is InChI=1S/C15H26O10/c16-3-6-8(18)9(19)12(22)15(24-6)25-14-7(4-17)23-13(5-1-2-5)10(20)11(14)21/h5-22H,1-4H2/t6?,7?,8?,9?,10?,11?,12?,13-,14?,15?/m1/s1. The number of ether oxygens (including phenoxy) is 3. The van der Waals surface area contributed by atoms with Crippen LogP contribution in [0.3, 0.4) is 0 Å². The van der Waals surface area contributed by atoms with Crippen LogP contribution in [0.25, 0.3) is 0 Å². The Labute approximate surface area is 144 Å². The third-order valence-corrected chi connectivity index (χ3v) is 5.13. The van der Waals surface area contributed by atoms with Gasteiger partial charge in [-0.3, -0.25) is 0 Å². The third-order valence-electron chi connectivity index (χ3n) is 5.13. The van der Waals surface area contributed by atoms with E-state index in [0.717, 1.165) is 12.8 Å². The Balaban J connectivity index is 1.71. The van der Waals surface area contributed by atoms with Crippen LogP contribution in [0.15, 0.2) is 0 Å². The highest BCUT2D eigenvalue weighted by Crippen LogP contribution is 2.40. The number of hydrogen-bond acceptors (Lipinski definition) is 10. The minimum absolute atomic E-state index is 0.118. The van der Waals surface area contributed by atoms with Crippen molar-refractivity contribution >= 4 is 0 Å². The molecule has 146 valence electrons. The summed E-state index contributed by atoms with van der Waals surface area (Å²) in [5, 5.41) is 69.0. The summed E-state index contributed by atoms with van der Waals surface area (Å²) >= 11 is 0. The van der Waals surface area contributed by atoms with E-state index in [9.17, 15) is 35.7 Å². The predicted molar refractivity (Wildman–Crippen MR) is 79.1 cm³/mol. The maximum atomic E-state index is 10.4. The van der Waals surface area contributed by atoms with Gasteiger partial charge < -0.3 is 50.0 Å². The molecule has 2 saturated heterocycles. The molecule has 3 aliphatic rings. The van der Waals surface area contributed by atoms with Crippen molar-refractivity contribution in [3.8, 4) is 0 Å². The number of hydrogen-bond donors (Lipinski definition) is 7. The summed E-state index contributed by atoms with van der Waals surface area (Å²) < 4.78 is 16.4. The molecule has 9 unspecified atom stereocenters. The molecule has 10 atom stereocenters. The van der Waals surface area contributed by atoms with E-state index in [2.05, 4.69) is 0 Å². The zero-order chi connectivity index (χ0) is 18.3. The van der Waals surface area contributed by atoms with Gasteiger partial charge in [-0.1, -0.05) is 0 Å². The van der Waals surface area contributed by atoms with Crippen LogP contribution in [0.5, 0.6) is 0 Å². The van der Waals surface area contributed by atoms with Crippen molar-refractivity contribution in [1.82, 2.24) is 0 Å². The SMILES string of the molecule is OCC1OC(OC2C(CO)O[C@H](C3CC3)C(O)C2O)C(O)C(O)C1O. The lowest BCUT2D eigenvalue weighted by Crippen LogP contribution is -2.64. The maximum Gasteiger partial charge on any atom is 0.187 e. The first kappa shape index (κ1) is 19.4. The van der Waals surface area contributed by atoms with Crippen molar-refractivity contribution in [2.45, 2.75) is 74.1 Å². The summed E-state index contributed by atoms with van der Waals surface area (Å²) in [6.45, 7) is -1.11. The van der Waals surface area contributed by atoms with Gasteiger partial charge in [0.15, 0.2) is 6.29 Å². The average molecular weight is 366 g/mol. The van der Waals surface area contributed by atoms with Gasteiger partial charge in [-0.05, 0) is 18.8 Å². The van der Waals surface area contributed by atoms with Crippen LogP contribution in [0.4, 0.5) is 0 Å². The molecule has 0 amide bonds. The lowest BCUT2D eigenvalue weighted by molar-refractivity contribution is -0.342. The predicted octanol–water partition coefficient (Wildman–Crippen LogP) is -3.94. The Morgan fingerprint density at radius 3 is 1.92 bits per heavy atom. The van der Waals surface area contributed by atoms with Crippen molar-refractivity contribution < 1.29 is 50.0 Å². The molecule has 0 aromatic rings. The highest BCUT2D eigenvalue weighted by molar-refractivity contribution is 4.99. The summed E-state index contributed by atoms with van der Waals surface area (Å²) in [5.74, 6) is 0.118. The van der Waals surface area contributed by atoms with E-state index in [4.69, 9.17) is 14.2 Å². The Bertz CT molecular complexity index is 442. The van der Waals surface area contributed by atoms with Crippen molar-refractivity contribution in [2.75, 3.05) is 13.2 Å². The van der Waals surface area contributed by atoms with Crippen molar-refractivity contribution in [2.24, 2.45) is 5.92 Å². The molecule has 10 heteroatoms. The van der Waals surface area contributed by atoms with E-state index in [1.165, 1.54) is 0 Å². The normalized spacial score (nSPS) is 51.5. The lowest BCUT2D eigenvalue weighted by Gasteiger charge is -2.46. The van der Waals surface area contributed by atoms with Gasteiger partial charge >= 0.3 is 0 Å². The van der Waals surface area contributed by atoms with Crippen molar-refractivity contribution in [3.05, 3.63) is 0 Å². The zero-order valence-corrected chi connectivity index (χ0v) is 13.5. The largest absolute Gasteiger partial charge is 0.394 e. The molecule has 2 aliphatic heterocycles. The highest BCUT2D eigenvalue weighted by Gasteiger charge is 2.52. The number of rotatable bonds is 5. The molecular weight excluding hydrogens is 340 g/mol. The Kier molecular flexibility index (Phi) is 5.95. The second-order valence-corrected chi connectivity index (χ2v) is 6.94. The summed E-state index contributed by atoms with van der Waals surface area (Å²) in [7, 11) is 0. The van der Waals surface area contributed by atoms with Crippen LogP contribution in [-0.4, -0.2) is 110 Å². The van der Waals surface area contributed by atoms with Crippen LogP contribution in [0, 0.1) is 5.92 Å². The fourth-order valence-corrected chi connectivity index (χ4v) is 3.43. The molecule has 1 saturated carbocycles. The number of aliphatic hydroxyl groups is 7. The van der Waals surface area contributed by atoms with E-state index < -0.39 is 74.4 Å². The third kappa shape index (κ3) is 3.69. The van der Waals surface area contributed by atoms with Gasteiger partial charge in [-0.2, -0.15) is 0 Å². The topological polar surface area (TPSA) is 169 Å². The van der Waals surface area contributed by atoms with Crippen LogP contribution >= 0.6 is 0 Å². The van der Waals surface area contributed by atoms with Gasteiger partial charge in [-0.15, -0.1) is 0 Å². The molecular formula is C15H26O10. The average Bonchev–Trinajstić information content (AvgIpc) is 3.44. The summed E-state index contributed by atoms with van der Waals surface area (Å²) in [6.07, 6.45) is -11.2. The number of aliphatic hydroxyl groups excluding tert-OH is 7. The second-order valence-electron chi connectivity index (χ2n) is 6.94. The Morgan fingerprint density at radius 1 is 0.720 bits per heavy atom. The molecule has 0 bridgehead atoms. The fourth-order valence-electron chi connectivity index (χ4n) is 3.43. The van der Waals surface area contributed by atoms with E-state index in [1.54, 1.807) is 0 Å². The molecule has 0 spiro atoms. The van der Waals surface area contributed by atoms with Gasteiger partial charge in [0.05, 0.1) is 19.3 Å². The van der Waals surface area contributed by atoms with Gasteiger partial charge in [0.25, 0.3) is 0 Å². The highest BCUT2D eigenvalue weighted by atomic mass is 16.7. The molecule has 7 N–H and O–H groups in total. The first-order valence-electron chi connectivity index (χ1n) is 8.47. The minimum atomic E-state index is -1.65. The Hall–Kier alpha value is -0.400. The lowest BCUT2D eigenvalue weighted by atomic mass is 9.92. The molecule has 3 fully saturated rings. The smallest absolute Gasteiger partial charge is 0.187 e. The van der Waals surface area contributed by atoms with Gasteiger partial charge in [0.1, 0.15) is 48.8 Å². The van der Waals surface area contributed by atoms with Gasteiger partial charge in [-0.25, -0.2) is 0 Å². The summed E-state index contributed by atoms with van der Waals surface area (Å²) in [4.78, 5) is 0. The fraction of sp³-hybridized carbons (Fsp3) is 1.00. The van der Waals surface area contributed by atoms with Crippen LogP contribution in [0.2, 0.25) is 0 Å². The van der Waals surface area contributed by atoms with E-state index >= 15 is 0 Å². The first-order chi connectivity index (χ1) is 11.9. The van der Waals surface area contributed by atoms with Gasteiger partial charge in [0.2, 0.25) is 0 Å². The van der Waals surface area contributed by atoms with E-state index in [-0.39, 0.29) is 5.92 Å². The first-order valence-corrected chi connectivity index (χ1v) is 8.47. The van der Waals surface area contributed by atoms with Crippen LogP contribution < -0.4 is 0 Å². The van der Waals surface area contributed by atoms with Crippen molar-refractivity contribution in [3.63, 3.8) is 0 Å². The molecule has 0 aromatic carbocycles. The minimum Gasteiger partial charge on any atom is -0.394 e. The molecule has 25 heavy (non-hydrogen) atoms. The van der Waals surface area contributed by atoms with E-state index in [0.29, 0.717) is 0 Å². The van der Waals surface area contributed by atoms with Crippen LogP contribution in [-0.2, 0) is 14.2 Å². The molecule has 0 radical (unpaired) electrons. The van der Waals surface area contributed by atoms with E-state index in [1.807, 2.05) is 0 Å². The Morgan fingerprint density at radius 2 is 1.36 bits per heavy atom. The molecule has 3 rings (SSSR count). The van der Waals surface area contributed by atoms with Crippen LogP contribution in [0.1, 0.15) is 12.8 Å². The van der Waals surface area contributed by atoms with Gasteiger partial charge in [0, 0.05) is 0 Å². The quantitative estimate of drug-likeness (QED) is 0.255. The monoisotopic (exact) mass is 366 g/mol. The molecule has 1 aliphatic carbocycles. The molecule has 2 heterocycles. The molecule has 0 aromatic heterocycles. The van der Waals surface area contributed by atoms with Crippen molar-refractivity contribution in [1.29, 1.82) is 0 Å². The summed E-state index contributed by atoms with van der Waals surface area (Å²) in [6, 6.07) is 0. The zero-order valence-electron chi connectivity index (χ0n) is 13.5. The summed E-state index contributed by atoms with van der Waals surface area (Å²) in [5.41, 5.74) is 0. The maximum absolute atomic E-state index is 10.4.